The zero-order chi connectivity index (χ0) is 23.9. The number of pyridine rings is 1. The van der Waals surface area contributed by atoms with Crippen LogP contribution in [0.3, 0.4) is 0 Å². The third-order valence-corrected chi connectivity index (χ3v) is 5.56. The summed E-state index contributed by atoms with van der Waals surface area (Å²) in [6.45, 7) is 1.81. The zero-order valence-electron chi connectivity index (χ0n) is 19.0. The van der Waals surface area contributed by atoms with Gasteiger partial charge in [-0.3, -0.25) is 0 Å². The van der Waals surface area contributed by atoms with Crippen LogP contribution in [0.4, 0.5) is 16.3 Å². The second-order valence-electron chi connectivity index (χ2n) is 7.91. The van der Waals surface area contributed by atoms with Gasteiger partial charge in [0, 0.05) is 37.7 Å². The van der Waals surface area contributed by atoms with Gasteiger partial charge in [-0.05, 0) is 37.1 Å². The Balaban J connectivity index is 1.42. The molecule has 0 bridgehead atoms. The lowest BCUT2D eigenvalue weighted by Gasteiger charge is -2.12. The number of fused-ring (bicyclic) bond motifs is 3. The van der Waals surface area contributed by atoms with Crippen LogP contribution in [0.2, 0.25) is 0 Å². The Bertz CT molecular complexity index is 1360. The lowest BCUT2D eigenvalue weighted by Crippen LogP contribution is -2.29. The molecule has 4 N–H and O–H groups in total. The van der Waals surface area contributed by atoms with Crippen LogP contribution in [-0.4, -0.2) is 40.8 Å². The van der Waals surface area contributed by atoms with Crippen LogP contribution in [0.15, 0.2) is 48.5 Å². The second-order valence-corrected chi connectivity index (χ2v) is 7.91. The van der Waals surface area contributed by atoms with Crippen LogP contribution < -0.4 is 16.4 Å². The number of nitrogens with one attached hydrogen (secondary N) is 2. The molecule has 0 fully saturated rings. The van der Waals surface area contributed by atoms with Crippen LogP contribution in [0.5, 0.6) is 0 Å². The summed E-state index contributed by atoms with van der Waals surface area (Å²) in [6.07, 6.45) is 2.29. The van der Waals surface area contributed by atoms with E-state index in [1.165, 1.54) is 0 Å². The Morgan fingerprint density at radius 1 is 1.18 bits per heavy atom. The van der Waals surface area contributed by atoms with Crippen LogP contribution in [0.25, 0.3) is 21.9 Å². The monoisotopic (exact) mass is 457 g/mol. The molecule has 9 nitrogen and oxygen atoms in total. The number of nitrogens with two attached hydrogens (primary N) is 1. The number of rotatable bonds is 9. The lowest BCUT2D eigenvalue weighted by atomic mass is 10.2. The molecule has 0 aliphatic carbocycles. The van der Waals surface area contributed by atoms with Gasteiger partial charge in [0.2, 0.25) is 0 Å². The number of anilines is 2. The molecule has 0 aliphatic rings. The summed E-state index contributed by atoms with van der Waals surface area (Å²) in [7, 11) is 1.67. The normalized spacial score (nSPS) is 10.9. The van der Waals surface area contributed by atoms with E-state index < -0.39 is 0 Å². The highest BCUT2D eigenvalue weighted by Gasteiger charge is 2.17. The number of nitrogen functional groups attached to an aromatic ring is 1. The van der Waals surface area contributed by atoms with Crippen LogP contribution >= 0.6 is 0 Å². The quantitative estimate of drug-likeness (QED) is 0.327. The van der Waals surface area contributed by atoms with E-state index in [4.69, 9.17) is 20.7 Å². The number of unbranched alkanes of at least 4 members (excludes halogenated alkanes) is 1. The van der Waals surface area contributed by atoms with Gasteiger partial charge in [0.1, 0.15) is 11.3 Å². The molecule has 34 heavy (non-hydrogen) atoms. The van der Waals surface area contributed by atoms with E-state index in [1.807, 2.05) is 24.3 Å². The smallest absolute Gasteiger partial charge is 0.319 e. The van der Waals surface area contributed by atoms with Crippen LogP contribution in [-0.2, 0) is 17.7 Å². The number of amides is 2. The van der Waals surface area contributed by atoms with Crippen molar-refractivity contribution >= 4 is 39.5 Å². The minimum absolute atomic E-state index is 0.297. The molecular formula is C25H27N7O2. The molecule has 0 spiro atoms. The second kappa shape index (κ2) is 10.6. The van der Waals surface area contributed by atoms with Gasteiger partial charge in [-0.2, -0.15) is 5.26 Å². The predicted molar refractivity (Wildman–Crippen MR) is 132 cm³/mol. The third kappa shape index (κ3) is 5.08. The molecule has 0 radical (unpaired) electrons. The van der Waals surface area contributed by atoms with E-state index in [1.54, 1.807) is 31.4 Å². The largest absolute Gasteiger partial charge is 0.384 e. The van der Waals surface area contributed by atoms with Gasteiger partial charge < -0.3 is 25.7 Å². The van der Waals surface area contributed by atoms with Crippen molar-refractivity contribution in [2.24, 2.45) is 0 Å². The fraction of sp³-hybridized carbons (Fsp3) is 0.280. The van der Waals surface area contributed by atoms with Crippen molar-refractivity contribution in [3.05, 3.63) is 59.9 Å². The average molecular weight is 458 g/mol. The molecule has 174 valence electrons. The molecule has 0 saturated carbocycles. The molecule has 2 heterocycles. The van der Waals surface area contributed by atoms with Crippen molar-refractivity contribution in [3.8, 4) is 6.07 Å². The number of urea groups is 1. The van der Waals surface area contributed by atoms with Gasteiger partial charge in [0.15, 0.2) is 5.82 Å². The topological polar surface area (TPSA) is 131 Å². The summed E-state index contributed by atoms with van der Waals surface area (Å²) in [4.78, 5) is 21.5. The summed E-state index contributed by atoms with van der Waals surface area (Å²) < 4.78 is 7.47. The van der Waals surface area contributed by atoms with E-state index in [2.05, 4.69) is 26.3 Å². The third-order valence-electron chi connectivity index (χ3n) is 5.56. The molecule has 2 aromatic carbocycles. The first-order chi connectivity index (χ1) is 16.6. The molecule has 0 unspecified atom stereocenters. The SMILES string of the molecule is COCCc1nc2c(N)nc3ccccc3c2n1CCCCNC(=O)Nc1cccc(C#N)c1. The standard InChI is InChI=1S/C25H27N7O2/c1-34-14-11-21-31-22-23(19-9-2-3-10-20(19)30-24(22)27)32(21)13-5-4-12-28-25(33)29-18-8-6-7-17(15-18)16-26/h2-3,6-10,15H,4-5,11-14H2,1H3,(H2,27,30)(H2,28,29,33). The molecule has 4 aromatic rings. The maximum absolute atomic E-state index is 12.2. The number of ether oxygens (including phenoxy) is 1. The van der Waals surface area contributed by atoms with Gasteiger partial charge in [0.25, 0.3) is 0 Å². The number of hydrogen-bond donors (Lipinski definition) is 3. The summed E-state index contributed by atoms with van der Waals surface area (Å²) in [6, 6.07) is 16.5. The number of methoxy groups -OCH3 is 1. The van der Waals surface area contributed by atoms with Gasteiger partial charge in [-0.15, -0.1) is 0 Å². The molecule has 0 atom stereocenters. The summed E-state index contributed by atoms with van der Waals surface area (Å²) in [5.41, 5.74) is 9.85. The Hall–Kier alpha value is -4.16. The maximum Gasteiger partial charge on any atom is 0.319 e. The Kier molecular flexibility index (Phi) is 7.20. The van der Waals surface area contributed by atoms with Crippen LogP contribution in [0.1, 0.15) is 24.2 Å². The number of carbonyl (C=O) groups excluding carboxylic acids is 1. The van der Waals surface area contributed by atoms with E-state index in [0.29, 0.717) is 42.2 Å². The lowest BCUT2D eigenvalue weighted by molar-refractivity contribution is 0.199. The Morgan fingerprint density at radius 3 is 2.85 bits per heavy atom. The number of hydrogen-bond acceptors (Lipinski definition) is 6. The first kappa shape index (κ1) is 23.0. The highest BCUT2D eigenvalue weighted by molar-refractivity contribution is 6.06. The van der Waals surface area contributed by atoms with Gasteiger partial charge in [-0.25, -0.2) is 14.8 Å². The number of imidazole rings is 1. The van der Waals surface area contributed by atoms with Crippen molar-refractivity contribution in [2.75, 3.05) is 31.3 Å². The average Bonchev–Trinajstić information content (AvgIpc) is 3.22. The molecular weight excluding hydrogens is 430 g/mol. The number of nitriles is 1. The fourth-order valence-corrected chi connectivity index (χ4v) is 3.97. The van der Waals surface area contributed by atoms with Gasteiger partial charge in [0.05, 0.1) is 29.3 Å². The van der Waals surface area contributed by atoms with E-state index in [-0.39, 0.29) is 6.03 Å². The Labute approximate surface area is 197 Å². The van der Waals surface area contributed by atoms with Crippen molar-refractivity contribution in [1.82, 2.24) is 19.9 Å². The van der Waals surface area contributed by atoms with Crippen molar-refractivity contribution in [2.45, 2.75) is 25.8 Å². The molecule has 2 amide bonds. The van der Waals surface area contributed by atoms with E-state index >= 15 is 0 Å². The first-order valence-corrected chi connectivity index (χ1v) is 11.2. The highest BCUT2D eigenvalue weighted by Crippen LogP contribution is 2.29. The summed E-state index contributed by atoms with van der Waals surface area (Å²) in [5, 5.41) is 15.6. The maximum atomic E-state index is 12.2. The number of nitrogens with zero attached hydrogens (tertiary/aromatic N) is 4. The molecule has 2 aromatic heterocycles. The summed E-state index contributed by atoms with van der Waals surface area (Å²) in [5.74, 6) is 1.33. The number of carbonyl (C=O) groups is 1. The number of aryl methyl sites for hydroxylation is 1. The fourth-order valence-electron chi connectivity index (χ4n) is 3.97. The molecule has 0 aliphatic heterocycles. The van der Waals surface area contributed by atoms with Gasteiger partial charge in [-0.1, -0.05) is 24.3 Å². The minimum atomic E-state index is -0.297. The molecule has 4 rings (SSSR count). The predicted octanol–water partition coefficient (Wildman–Crippen LogP) is 3.83. The Morgan fingerprint density at radius 2 is 2.03 bits per heavy atom. The first-order valence-electron chi connectivity index (χ1n) is 11.2. The molecule has 9 heteroatoms. The number of para-hydroxylation sites is 1. The van der Waals surface area contributed by atoms with Crippen molar-refractivity contribution in [3.63, 3.8) is 0 Å². The summed E-state index contributed by atoms with van der Waals surface area (Å²) >= 11 is 0. The zero-order valence-corrected chi connectivity index (χ0v) is 19.0. The number of benzene rings is 2. The van der Waals surface area contributed by atoms with E-state index in [9.17, 15) is 4.79 Å². The minimum Gasteiger partial charge on any atom is -0.384 e. The van der Waals surface area contributed by atoms with Crippen molar-refractivity contribution < 1.29 is 9.53 Å². The highest BCUT2D eigenvalue weighted by atomic mass is 16.5. The molecule has 0 saturated heterocycles. The van der Waals surface area contributed by atoms with E-state index in [0.717, 1.165) is 41.6 Å². The van der Waals surface area contributed by atoms with Crippen molar-refractivity contribution in [1.29, 1.82) is 5.26 Å². The van der Waals surface area contributed by atoms with Gasteiger partial charge >= 0.3 is 6.03 Å². The number of aromatic nitrogens is 3. The van der Waals surface area contributed by atoms with Crippen LogP contribution in [0, 0.1) is 11.3 Å².